The van der Waals surface area contributed by atoms with Gasteiger partial charge in [0.05, 0.1) is 5.39 Å². The highest BCUT2D eigenvalue weighted by Gasteiger charge is 2.13. The molecule has 2 aromatic rings. The summed E-state index contributed by atoms with van der Waals surface area (Å²) in [4.78, 5) is 12.2. The van der Waals surface area contributed by atoms with E-state index in [0.717, 1.165) is 0 Å². The van der Waals surface area contributed by atoms with Gasteiger partial charge < -0.3 is 14.6 Å². The van der Waals surface area contributed by atoms with Crippen LogP contribution in [0.3, 0.4) is 0 Å². The molecule has 0 saturated heterocycles. The number of hydrogen-bond donors (Lipinski definition) is 2. The van der Waals surface area contributed by atoms with Crippen molar-refractivity contribution < 1.29 is 14.6 Å². The summed E-state index contributed by atoms with van der Waals surface area (Å²) in [6.45, 7) is 3.49. The molecular formula is C14H16O4. The maximum atomic E-state index is 12.2. The number of aryl methyl sites for hydroxylation is 2. The highest BCUT2D eigenvalue weighted by atomic mass is 16.3. The first-order valence-corrected chi connectivity index (χ1v) is 5.92. The Morgan fingerprint density at radius 2 is 1.94 bits per heavy atom. The zero-order chi connectivity index (χ0) is 13.3. The van der Waals surface area contributed by atoms with E-state index in [1.54, 1.807) is 19.9 Å². The lowest BCUT2D eigenvalue weighted by molar-refractivity contribution is 0.284. The van der Waals surface area contributed by atoms with Gasteiger partial charge in [0.2, 0.25) is 0 Å². The molecule has 96 valence electrons. The van der Waals surface area contributed by atoms with Crippen molar-refractivity contribution in [2.75, 3.05) is 6.61 Å². The van der Waals surface area contributed by atoms with Crippen molar-refractivity contribution in [2.45, 2.75) is 26.7 Å². The van der Waals surface area contributed by atoms with Crippen LogP contribution in [0, 0.1) is 13.8 Å². The van der Waals surface area contributed by atoms with Crippen LogP contribution in [0.1, 0.15) is 23.3 Å². The smallest absolute Gasteiger partial charge is 0.195 e. The monoisotopic (exact) mass is 248 g/mol. The summed E-state index contributed by atoms with van der Waals surface area (Å²) in [6.07, 6.45) is 1.07. The van der Waals surface area contributed by atoms with Crippen LogP contribution in [-0.4, -0.2) is 16.8 Å². The molecule has 0 amide bonds. The van der Waals surface area contributed by atoms with Crippen LogP contribution >= 0.6 is 0 Å². The number of rotatable bonds is 3. The van der Waals surface area contributed by atoms with Crippen molar-refractivity contribution in [3.8, 4) is 5.75 Å². The van der Waals surface area contributed by atoms with Gasteiger partial charge in [-0.25, -0.2) is 0 Å². The van der Waals surface area contributed by atoms with Crippen molar-refractivity contribution >= 4 is 11.0 Å². The Labute approximate surface area is 104 Å². The summed E-state index contributed by atoms with van der Waals surface area (Å²) < 4.78 is 5.72. The van der Waals surface area contributed by atoms with E-state index in [4.69, 9.17) is 9.52 Å². The highest BCUT2D eigenvalue weighted by Crippen LogP contribution is 2.26. The molecule has 0 aliphatic heterocycles. The van der Waals surface area contributed by atoms with E-state index in [1.165, 1.54) is 6.07 Å². The van der Waals surface area contributed by atoms with Crippen LogP contribution in [0.2, 0.25) is 0 Å². The second-order valence-corrected chi connectivity index (χ2v) is 4.39. The summed E-state index contributed by atoms with van der Waals surface area (Å²) in [7, 11) is 0. The van der Waals surface area contributed by atoms with Crippen molar-refractivity contribution in [3.05, 3.63) is 39.2 Å². The number of phenols is 1. The molecule has 0 saturated carbocycles. The fourth-order valence-corrected chi connectivity index (χ4v) is 2.00. The molecule has 4 nitrogen and oxygen atoms in total. The molecule has 1 heterocycles. The van der Waals surface area contributed by atoms with Gasteiger partial charge in [-0.2, -0.15) is 0 Å². The molecule has 0 radical (unpaired) electrons. The fourth-order valence-electron chi connectivity index (χ4n) is 2.00. The van der Waals surface area contributed by atoms with E-state index in [0.29, 0.717) is 40.7 Å². The van der Waals surface area contributed by atoms with Gasteiger partial charge in [0.1, 0.15) is 17.1 Å². The summed E-state index contributed by atoms with van der Waals surface area (Å²) in [6, 6.07) is 3.08. The lowest BCUT2D eigenvalue weighted by Gasteiger charge is -2.08. The van der Waals surface area contributed by atoms with E-state index in [2.05, 4.69) is 0 Å². The minimum atomic E-state index is -0.0766. The Morgan fingerprint density at radius 3 is 2.61 bits per heavy atom. The summed E-state index contributed by atoms with van der Waals surface area (Å²) in [5, 5.41) is 19.0. The third kappa shape index (κ3) is 1.99. The van der Waals surface area contributed by atoms with Gasteiger partial charge in [0.15, 0.2) is 5.43 Å². The number of aliphatic hydroxyl groups is 1. The lowest BCUT2D eigenvalue weighted by Crippen LogP contribution is -2.10. The van der Waals surface area contributed by atoms with E-state index < -0.39 is 0 Å². The van der Waals surface area contributed by atoms with Crippen LogP contribution in [0.15, 0.2) is 21.3 Å². The average Bonchev–Trinajstić information content (AvgIpc) is 2.36. The number of aliphatic hydroxyl groups excluding tert-OH is 1. The topological polar surface area (TPSA) is 70.7 Å². The summed E-state index contributed by atoms with van der Waals surface area (Å²) in [5.74, 6) is 0.692. The van der Waals surface area contributed by atoms with E-state index >= 15 is 0 Å². The first-order chi connectivity index (χ1) is 8.56. The zero-order valence-electron chi connectivity index (χ0n) is 10.5. The van der Waals surface area contributed by atoms with E-state index in [-0.39, 0.29) is 17.8 Å². The summed E-state index contributed by atoms with van der Waals surface area (Å²) in [5.41, 5.74) is 1.49. The molecule has 1 aromatic carbocycles. The predicted octanol–water partition coefficient (Wildman–Crippen LogP) is 2.04. The van der Waals surface area contributed by atoms with Gasteiger partial charge in [0, 0.05) is 24.2 Å². The number of aromatic hydroxyl groups is 1. The first-order valence-electron chi connectivity index (χ1n) is 5.92. The van der Waals surface area contributed by atoms with Crippen molar-refractivity contribution in [1.82, 2.24) is 0 Å². The second kappa shape index (κ2) is 4.82. The normalized spacial score (nSPS) is 11.1. The number of hydrogen-bond acceptors (Lipinski definition) is 4. The van der Waals surface area contributed by atoms with Crippen molar-refractivity contribution in [1.29, 1.82) is 0 Å². The quantitative estimate of drug-likeness (QED) is 0.872. The Kier molecular flexibility index (Phi) is 3.39. The van der Waals surface area contributed by atoms with Gasteiger partial charge in [-0.05, 0) is 32.4 Å². The zero-order valence-corrected chi connectivity index (χ0v) is 10.5. The highest BCUT2D eigenvalue weighted by molar-refractivity contribution is 5.82. The SMILES string of the molecule is Cc1c(CCCO)oc2c(C)c(O)ccc2c1=O. The maximum absolute atomic E-state index is 12.2. The van der Waals surface area contributed by atoms with Gasteiger partial charge in [-0.3, -0.25) is 4.79 Å². The van der Waals surface area contributed by atoms with Crippen LogP contribution in [0.4, 0.5) is 0 Å². The van der Waals surface area contributed by atoms with Gasteiger partial charge in [-0.1, -0.05) is 0 Å². The Balaban J connectivity index is 2.72. The molecule has 0 spiro atoms. The predicted molar refractivity (Wildman–Crippen MR) is 69.0 cm³/mol. The Hall–Kier alpha value is -1.81. The maximum Gasteiger partial charge on any atom is 0.195 e. The first kappa shape index (κ1) is 12.6. The van der Waals surface area contributed by atoms with Crippen LogP contribution < -0.4 is 5.43 Å². The van der Waals surface area contributed by atoms with Gasteiger partial charge in [-0.15, -0.1) is 0 Å². The minimum absolute atomic E-state index is 0.0558. The molecule has 0 fully saturated rings. The fraction of sp³-hybridized carbons (Fsp3) is 0.357. The molecule has 0 aliphatic rings. The third-order valence-corrected chi connectivity index (χ3v) is 3.17. The number of phenolic OH excluding ortho intramolecular Hbond substituents is 1. The molecule has 2 N–H and O–H groups in total. The largest absolute Gasteiger partial charge is 0.508 e. The Bertz CT molecular complexity index is 640. The average molecular weight is 248 g/mol. The van der Waals surface area contributed by atoms with E-state index in [1.807, 2.05) is 0 Å². The third-order valence-electron chi connectivity index (χ3n) is 3.17. The molecule has 1 aromatic heterocycles. The van der Waals surface area contributed by atoms with Crippen LogP contribution in [-0.2, 0) is 6.42 Å². The minimum Gasteiger partial charge on any atom is -0.508 e. The van der Waals surface area contributed by atoms with Crippen LogP contribution in [0.5, 0.6) is 5.75 Å². The lowest BCUT2D eigenvalue weighted by atomic mass is 10.1. The molecule has 0 aliphatic carbocycles. The molecule has 0 unspecified atom stereocenters. The van der Waals surface area contributed by atoms with Crippen molar-refractivity contribution in [2.24, 2.45) is 0 Å². The standard InChI is InChI=1S/C14H16O4/c1-8-11(16)6-5-10-13(17)9(2)12(4-3-7-15)18-14(8)10/h5-6,15-16H,3-4,7H2,1-2H3. The van der Waals surface area contributed by atoms with Crippen molar-refractivity contribution in [3.63, 3.8) is 0 Å². The second-order valence-electron chi connectivity index (χ2n) is 4.39. The van der Waals surface area contributed by atoms with Crippen LogP contribution in [0.25, 0.3) is 11.0 Å². The summed E-state index contributed by atoms with van der Waals surface area (Å²) >= 11 is 0. The number of fused-ring (bicyclic) bond motifs is 1. The molecular weight excluding hydrogens is 232 g/mol. The number of benzene rings is 1. The van der Waals surface area contributed by atoms with E-state index in [9.17, 15) is 9.90 Å². The molecule has 0 bridgehead atoms. The molecule has 2 rings (SSSR count). The molecule has 18 heavy (non-hydrogen) atoms. The van der Waals surface area contributed by atoms with Gasteiger partial charge >= 0.3 is 0 Å². The molecule has 0 atom stereocenters. The van der Waals surface area contributed by atoms with Gasteiger partial charge in [0.25, 0.3) is 0 Å². The Morgan fingerprint density at radius 1 is 1.22 bits per heavy atom. The molecule has 4 heteroatoms.